The molecule has 35 heavy (non-hydrogen) atoms. The van der Waals surface area contributed by atoms with Crippen molar-refractivity contribution in [2.45, 2.75) is 18.4 Å². The Hall–Kier alpha value is -3.23. The summed E-state index contributed by atoms with van der Waals surface area (Å²) in [6, 6.07) is 12.2. The molecule has 2 aliphatic heterocycles. The first-order valence-electron chi connectivity index (χ1n) is 11.4. The monoisotopic (exact) mass is 500 g/mol. The second kappa shape index (κ2) is 9.43. The summed E-state index contributed by atoms with van der Waals surface area (Å²) in [5.41, 5.74) is 1.32. The predicted molar refractivity (Wildman–Crippen MR) is 129 cm³/mol. The molecule has 184 valence electrons. The van der Waals surface area contributed by atoms with Gasteiger partial charge in [0, 0.05) is 56.4 Å². The zero-order valence-corrected chi connectivity index (χ0v) is 20.3. The zero-order valence-electron chi connectivity index (χ0n) is 19.6. The van der Waals surface area contributed by atoms with Crippen molar-refractivity contribution in [1.29, 1.82) is 0 Å². The van der Waals surface area contributed by atoms with Gasteiger partial charge >= 0.3 is 0 Å². The number of benzene rings is 2. The van der Waals surface area contributed by atoms with Crippen molar-refractivity contribution >= 4 is 17.5 Å². The van der Waals surface area contributed by atoms with Gasteiger partial charge in [-0.1, -0.05) is 11.6 Å². The molecule has 2 aliphatic rings. The lowest BCUT2D eigenvalue weighted by Gasteiger charge is -2.45. The zero-order chi connectivity index (χ0) is 24.6. The number of carbonyl (C=O) groups excluding carboxylic acids is 1. The minimum Gasteiger partial charge on any atom is -0.493 e. The van der Waals surface area contributed by atoms with E-state index < -0.39 is 17.3 Å². The van der Waals surface area contributed by atoms with Crippen molar-refractivity contribution in [3.8, 4) is 22.9 Å². The van der Waals surface area contributed by atoms with Gasteiger partial charge in [-0.2, -0.15) is 0 Å². The van der Waals surface area contributed by atoms with Gasteiger partial charge in [0.15, 0.2) is 17.1 Å². The summed E-state index contributed by atoms with van der Waals surface area (Å²) in [5.74, 6) is 0.176. The van der Waals surface area contributed by atoms with Crippen LogP contribution in [0.5, 0.6) is 17.2 Å². The lowest BCUT2D eigenvalue weighted by Crippen LogP contribution is -2.50. The van der Waals surface area contributed by atoms with Crippen LogP contribution in [0.3, 0.4) is 0 Å². The maximum atomic E-state index is 14.9. The van der Waals surface area contributed by atoms with Crippen molar-refractivity contribution < 1.29 is 28.1 Å². The molecule has 0 radical (unpaired) electrons. The van der Waals surface area contributed by atoms with Gasteiger partial charge in [-0.05, 0) is 30.3 Å². The first-order valence-corrected chi connectivity index (χ1v) is 11.8. The van der Waals surface area contributed by atoms with Gasteiger partial charge in [-0.3, -0.25) is 4.79 Å². The fourth-order valence-electron chi connectivity index (χ4n) is 4.80. The van der Waals surface area contributed by atoms with Gasteiger partial charge in [-0.15, -0.1) is 0 Å². The number of methoxy groups -OCH3 is 2. The molecule has 0 N–H and O–H groups in total. The van der Waals surface area contributed by atoms with Crippen molar-refractivity contribution in [3.05, 3.63) is 70.8 Å². The Morgan fingerprint density at radius 2 is 1.91 bits per heavy atom. The Bertz CT molecular complexity index is 1250. The Morgan fingerprint density at radius 1 is 1.11 bits per heavy atom. The van der Waals surface area contributed by atoms with Crippen molar-refractivity contribution in [2.24, 2.45) is 0 Å². The molecular weight excluding hydrogens is 475 g/mol. The minimum atomic E-state index is -0.658. The summed E-state index contributed by atoms with van der Waals surface area (Å²) in [5, 5.41) is 0.598. The third-order valence-electron chi connectivity index (χ3n) is 6.59. The molecule has 1 amide bonds. The molecule has 0 saturated carbocycles. The van der Waals surface area contributed by atoms with Crippen LogP contribution in [-0.4, -0.2) is 55.9 Å². The molecular formula is C26H26ClFN2O5. The summed E-state index contributed by atoms with van der Waals surface area (Å²) >= 11 is 6.22. The van der Waals surface area contributed by atoms with E-state index in [0.29, 0.717) is 49.1 Å². The molecule has 1 spiro atoms. The number of aromatic nitrogens is 1. The number of rotatable bonds is 6. The van der Waals surface area contributed by atoms with Gasteiger partial charge in [0.1, 0.15) is 18.2 Å². The smallest absolute Gasteiger partial charge is 0.256 e. The van der Waals surface area contributed by atoms with Crippen LogP contribution in [0.4, 0.5) is 4.39 Å². The van der Waals surface area contributed by atoms with Crippen LogP contribution in [0.1, 0.15) is 28.9 Å². The summed E-state index contributed by atoms with van der Waals surface area (Å²) in [6.45, 7) is 1.41. The maximum Gasteiger partial charge on any atom is 0.256 e. The number of carbonyl (C=O) groups is 1. The highest BCUT2D eigenvalue weighted by molar-refractivity contribution is 6.30. The quantitative estimate of drug-likeness (QED) is 0.454. The van der Waals surface area contributed by atoms with Crippen LogP contribution < -0.4 is 14.2 Å². The van der Waals surface area contributed by atoms with E-state index in [-0.39, 0.29) is 17.9 Å². The lowest BCUT2D eigenvalue weighted by molar-refractivity contribution is -0.00941. The van der Waals surface area contributed by atoms with Gasteiger partial charge in [0.2, 0.25) is 0 Å². The fraction of sp³-hybridized carbons (Fsp3) is 0.346. The summed E-state index contributed by atoms with van der Waals surface area (Å²) < 4.78 is 39.4. The van der Waals surface area contributed by atoms with E-state index in [9.17, 15) is 9.18 Å². The number of halogens is 2. The van der Waals surface area contributed by atoms with Gasteiger partial charge in [-0.25, -0.2) is 4.39 Å². The number of nitrogens with zero attached hydrogens (tertiary/aromatic N) is 2. The van der Waals surface area contributed by atoms with Crippen LogP contribution >= 0.6 is 11.6 Å². The third kappa shape index (κ3) is 4.21. The van der Waals surface area contributed by atoms with Crippen LogP contribution in [0, 0.1) is 5.82 Å². The van der Waals surface area contributed by atoms with Gasteiger partial charge in [0.05, 0.1) is 30.7 Å². The Labute approximate surface area is 207 Å². The maximum absolute atomic E-state index is 14.9. The first kappa shape index (κ1) is 23.5. The second-order valence-electron chi connectivity index (χ2n) is 8.59. The topological polar surface area (TPSA) is 62.2 Å². The van der Waals surface area contributed by atoms with Gasteiger partial charge < -0.3 is 28.4 Å². The average Bonchev–Trinajstić information content (AvgIpc) is 3.36. The molecule has 0 atom stereocenters. The van der Waals surface area contributed by atoms with E-state index in [0.717, 1.165) is 11.4 Å². The highest BCUT2D eigenvalue weighted by Gasteiger charge is 2.45. The number of hydrogen-bond acceptors (Lipinski definition) is 5. The number of ether oxygens (including phenoxy) is 4. The Kier molecular flexibility index (Phi) is 6.34. The average molecular weight is 501 g/mol. The van der Waals surface area contributed by atoms with E-state index in [1.165, 1.54) is 19.2 Å². The molecule has 1 saturated heterocycles. The van der Waals surface area contributed by atoms with E-state index >= 15 is 0 Å². The molecule has 3 heterocycles. The van der Waals surface area contributed by atoms with Crippen molar-refractivity contribution in [3.63, 3.8) is 0 Å². The molecule has 0 unspecified atom stereocenters. The molecule has 0 bridgehead atoms. The fourth-order valence-corrected chi connectivity index (χ4v) is 4.96. The third-order valence-corrected chi connectivity index (χ3v) is 6.82. The molecule has 2 aromatic carbocycles. The molecule has 5 rings (SSSR count). The minimum absolute atomic E-state index is 0.0537. The van der Waals surface area contributed by atoms with Crippen molar-refractivity contribution in [1.82, 2.24) is 9.47 Å². The Balaban J connectivity index is 1.35. The van der Waals surface area contributed by atoms with E-state index in [4.69, 9.17) is 30.5 Å². The Morgan fingerprint density at radius 3 is 2.66 bits per heavy atom. The summed E-state index contributed by atoms with van der Waals surface area (Å²) in [7, 11) is 3.00. The van der Waals surface area contributed by atoms with E-state index in [1.54, 1.807) is 12.0 Å². The highest BCUT2D eigenvalue weighted by Crippen LogP contribution is 2.46. The second-order valence-corrected chi connectivity index (χ2v) is 9.02. The lowest BCUT2D eigenvalue weighted by atomic mass is 9.86. The number of hydrogen-bond donors (Lipinski definition) is 0. The molecule has 9 heteroatoms. The predicted octanol–water partition coefficient (Wildman–Crippen LogP) is 4.83. The molecule has 1 fully saturated rings. The SMILES string of the molecule is COCCOc1cc(F)c(C(=O)N2CCC3(CC2)Oc2cc(Cl)ccc2-n2cccc23)cc1OC. The van der Waals surface area contributed by atoms with Crippen LogP contribution in [0.15, 0.2) is 48.7 Å². The summed E-state index contributed by atoms with van der Waals surface area (Å²) in [6.07, 6.45) is 3.12. The first-order chi connectivity index (χ1) is 17.0. The van der Waals surface area contributed by atoms with E-state index in [1.807, 2.05) is 36.5 Å². The number of likely N-dealkylation sites (tertiary alicyclic amines) is 1. The largest absolute Gasteiger partial charge is 0.493 e. The van der Waals surface area contributed by atoms with Crippen LogP contribution in [-0.2, 0) is 10.3 Å². The normalized spacial score (nSPS) is 15.8. The molecule has 0 aliphatic carbocycles. The van der Waals surface area contributed by atoms with Crippen molar-refractivity contribution in [2.75, 3.05) is 40.5 Å². The number of piperidine rings is 1. The number of fused-ring (bicyclic) bond motifs is 4. The van der Waals surface area contributed by atoms with Crippen LogP contribution in [0.25, 0.3) is 5.69 Å². The van der Waals surface area contributed by atoms with E-state index in [2.05, 4.69) is 4.57 Å². The molecule has 7 nitrogen and oxygen atoms in total. The highest BCUT2D eigenvalue weighted by atomic mass is 35.5. The summed E-state index contributed by atoms with van der Waals surface area (Å²) in [4.78, 5) is 14.9. The molecule has 3 aromatic rings. The van der Waals surface area contributed by atoms with Gasteiger partial charge in [0.25, 0.3) is 5.91 Å². The number of amides is 1. The molecule has 1 aromatic heterocycles. The standard InChI is InChI=1S/C26H26ClFN2O5/c1-32-12-13-34-23-16-19(28)18(15-22(23)33-2)25(31)29-10-7-26(8-11-29)24-4-3-9-30(24)20-6-5-17(27)14-21(20)35-26/h3-6,9,14-16H,7-8,10-13H2,1-2H3. The van der Waals surface area contributed by atoms with Crippen LogP contribution in [0.2, 0.25) is 5.02 Å².